The molecule has 0 saturated carbocycles. The first-order valence-corrected chi connectivity index (χ1v) is 7.77. The Kier molecular flexibility index (Phi) is 3.19. The number of aryl methyl sites for hydroxylation is 2. The molecule has 3 nitrogen and oxygen atoms in total. The Bertz CT molecular complexity index is 859. The van der Waals surface area contributed by atoms with Crippen molar-refractivity contribution >= 4 is 0 Å². The summed E-state index contributed by atoms with van der Waals surface area (Å²) in [6.45, 7) is 0.611. The number of nitrogens with one attached hydrogen (secondary N) is 1. The van der Waals surface area contributed by atoms with Gasteiger partial charge in [0.05, 0.1) is 12.2 Å². The van der Waals surface area contributed by atoms with Crippen LogP contribution < -0.4 is 5.69 Å². The van der Waals surface area contributed by atoms with Crippen molar-refractivity contribution in [1.82, 2.24) is 9.55 Å². The van der Waals surface area contributed by atoms with Gasteiger partial charge in [-0.25, -0.2) is 4.79 Å². The zero-order valence-electron chi connectivity index (χ0n) is 12.4. The van der Waals surface area contributed by atoms with Crippen LogP contribution in [-0.4, -0.2) is 9.55 Å². The van der Waals surface area contributed by atoms with E-state index in [2.05, 4.69) is 41.4 Å². The van der Waals surface area contributed by atoms with E-state index in [-0.39, 0.29) is 5.69 Å². The molecule has 3 heteroatoms. The number of benzene rings is 2. The minimum absolute atomic E-state index is 0.00874. The molecule has 1 aliphatic carbocycles. The Morgan fingerprint density at radius 3 is 2.59 bits per heavy atom. The van der Waals surface area contributed by atoms with Gasteiger partial charge in [-0.05, 0) is 30.4 Å². The maximum Gasteiger partial charge on any atom is 0.326 e. The number of hydrogen-bond donors (Lipinski definition) is 1. The molecule has 1 aromatic heterocycles. The molecule has 22 heavy (non-hydrogen) atoms. The van der Waals surface area contributed by atoms with E-state index in [4.69, 9.17) is 0 Å². The van der Waals surface area contributed by atoms with Crippen molar-refractivity contribution in [3.05, 3.63) is 81.9 Å². The lowest BCUT2D eigenvalue weighted by Crippen LogP contribution is -2.18. The Hall–Kier alpha value is -2.55. The number of H-pyrrole nitrogens is 1. The topological polar surface area (TPSA) is 37.8 Å². The highest BCUT2D eigenvalue weighted by atomic mass is 16.1. The molecule has 1 N–H and O–H groups in total. The van der Waals surface area contributed by atoms with Crippen molar-refractivity contribution in [2.45, 2.75) is 25.8 Å². The van der Waals surface area contributed by atoms with E-state index in [0.717, 1.165) is 36.2 Å². The number of nitrogens with zero attached hydrogens (tertiary/aromatic N) is 1. The third-order valence-electron chi connectivity index (χ3n) is 4.39. The summed E-state index contributed by atoms with van der Waals surface area (Å²) >= 11 is 0. The highest BCUT2D eigenvalue weighted by Gasteiger charge is 2.20. The van der Waals surface area contributed by atoms with Crippen molar-refractivity contribution in [2.75, 3.05) is 0 Å². The fourth-order valence-electron chi connectivity index (χ4n) is 3.35. The summed E-state index contributed by atoms with van der Waals surface area (Å²) in [5.74, 6) is 0. The highest BCUT2D eigenvalue weighted by molar-refractivity contribution is 5.67. The monoisotopic (exact) mass is 290 g/mol. The molecule has 0 radical (unpaired) electrons. The number of hydrogen-bond acceptors (Lipinski definition) is 1. The van der Waals surface area contributed by atoms with Crippen LogP contribution in [0.5, 0.6) is 0 Å². The molecular weight excluding hydrogens is 272 g/mol. The second-order valence-corrected chi connectivity index (χ2v) is 5.84. The first-order valence-electron chi connectivity index (χ1n) is 7.77. The lowest BCUT2D eigenvalue weighted by atomic mass is 10.0. The summed E-state index contributed by atoms with van der Waals surface area (Å²) in [5.41, 5.74) is 5.82. The molecule has 0 fully saturated rings. The maximum absolute atomic E-state index is 12.4. The molecule has 0 unspecified atom stereocenters. The summed E-state index contributed by atoms with van der Waals surface area (Å²) < 4.78 is 1.88. The largest absolute Gasteiger partial charge is 0.326 e. The maximum atomic E-state index is 12.4. The lowest BCUT2D eigenvalue weighted by molar-refractivity contribution is 0.767. The van der Waals surface area contributed by atoms with Gasteiger partial charge in [-0.15, -0.1) is 0 Å². The van der Waals surface area contributed by atoms with Gasteiger partial charge in [-0.1, -0.05) is 54.6 Å². The molecule has 0 atom stereocenters. The Balaban J connectivity index is 1.89. The SMILES string of the molecule is O=c1[nH]c2c(n1Cc1ccccc1)-c1ccccc1CCC2. The molecule has 0 saturated heterocycles. The van der Waals surface area contributed by atoms with Gasteiger partial charge in [0.1, 0.15) is 0 Å². The fraction of sp³-hybridized carbons (Fsp3) is 0.211. The second kappa shape index (κ2) is 5.34. The van der Waals surface area contributed by atoms with Gasteiger partial charge < -0.3 is 4.98 Å². The third-order valence-corrected chi connectivity index (χ3v) is 4.39. The zero-order chi connectivity index (χ0) is 14.9. The van der Waals surface area contributed by atoms with E-state index < -0.39 is 0 Å². The van der Waals surface area contributed by atoms with Crippen LogP contribution in [0.2, 0.25) is 0 Å². The molecule has 0 bridgehead atoms. The van der Waals surface area contributed by atoms with Gasteiger partial charge in [-0.2, -0.15) is 0 Å². The summed E-state index contributed by atoms with van der Waals surface area (Å²) in [4.78, 5) is 15.5. The van der Waals surface area contributed by atoms with Gasteiger partial charge in [0.25, 0.3) is 0 Å². The molecule has 4 rings (SSSR count). The standard InChI is InChI=1S/C19H18N2O/c22-19-20-17-12-6-10-15-9-4-5-11-16(15)18(17)21(19)13-14-7-2-1-3-8-14/h1-5,7-9,11H,6,10,12-13H2,(H,20,22). The first kappa shape index (κ1) is 13.1. The fourth-order valence-corrected chi connectivity index (χ4v) is 3.35. The van der Waals surface area contributed by atoms with Crippen LogP contribution in [0.3, 0.4) is 0 Å². The van der Waals surface area contributed by atoms with E-state index in [0.29, 0.717) is 6.54 Å². The molecule has 0 amide bonds. The van der Waals surface area contributed by atoms with Crippen molar-refractivity contribution < 1.29 is 0 Å². The number of aromatic nitrogens is 2. The third kappa shape index (κ3) is 2.19. The predicted molar refractivity (Wildman–Crippen MR) is 88.1 cm³/mol. The predicted octanol–water partition coefficient (Wildman–Crippen LogP) is 3.38. The molecular formula is C19H18N2O. The number of aromatic amines is 1. The van der Waals surface area contributed by atoms with Crippen LogP contribution >= 0.6 is 0 Å². The summed E-state index contributed by atoms with van der Waals surface area (Å²) in [6.07, 6.45) is 3.08. The Morgan fingerprint density at radius 1 is 0.955 bits per heavy atom. The van der Waals surface area contributed by atoms with Crippen LogP contribution in [0.4, 0.5) is 0 Å². The van der Waals surface area contributed by atoms with Crippen molar-refractivity contribution in [1.29, 1.82) is 0 Å². The average Bonchev–Trinajstić information content (AvgIpc) is 2.74. The second-order valence-electron chi connectivity index (χ2n) is 5.84. The lowest BCUT2D eigenvalue weighted by Gasteiger charge is -2.11. The molecule has 110 valence electrons. The minimum atomic E-state index is -0.00874. The summed E-state index contributed by atoms with van der Waals surface area (Å²) in [7, 11) is 0. The van der Waals surface area contributed by atoms with Crippen LogP contribution in [0.1, 0.15) is 23.2 Å². The van der Waals surface area contributed by atoms with Crippen LogP contribution in [0, 0.1) is 0 Å². The Labute approximate surface area is 129 Å². The van der Waals surface area contributed by atoms with Gasteiger partial charge in [-0.3, -0.25) is 4.57 Å². The Morgan fingerprint density at radius 2 is 1.73 bits per heavy atom. The number of rotatable bonds is 2. The molecule has 1 heterocycles. The summed E-state index contributed by atoms with van der Waals surface area (Å²) in [5, 5.41) is 0. The van der Waals surface area contributed by atoms with Crippen molar-refractivity contribution in [2.24, 2.45) is 0 Å². The summed E-state index contributed by atoms with van der Waals surface area (Å²) in [6, 6.07) is 18.6. The molecule has 0 spiro atoms. The first-order chi connectivity index (χ1) is 10.8. The molecule has 1 aliphatic rings. The quantitative estimate of drug-likeness (QED) is 0.772. The van der Waals surface area contributed by atoms with E-state index in [1.165, 1.54) is 11.1 Å². The van der Waals surface area contributed by atoms with Crippen molar-refractivity contribution in [3.63, 3.8) is 0 Å². The van der Waals surface area contributed by atoms with Crippen molar-refractivity contribution in [3.8, 4) is 11.3 Å². The van der Waals surface area contributed by atoms with Crippen LogP contribution in [-0.2, 0) is 19.4 Å². The minimum Gasteiger partial charge on any atom is -0.309 e. The number of fused-ring (bicyclic) bond motifs is 3. The van der Waals surface area contributed by atoms with Gasteiger partial charge in [0.15, 0.2) is 0 Å². The van der Waals surface area contributed by atoms with Gasteiger partial charge >= 0.3 is 5.69 Å². The number of imidazole rings is 1. The van der Waals surface area contributed by atoms with E-state index in [1.54, 1.807) is 0 Å². The smallest absolute Gasteiger partial charge is 0.309 e. The van der Waals surface area contributed by atoms with Gasteiger partial charge in [0, 0.05) is 11.3 Å². The van der Waals surface area contributed by atoms with E-state index >= 15 is 0 Å². The normalized spacial score (nSPS) is 13.3. The molecule has 2 aromatic carbocycles. The highest BCUT2D eigenvalue weighted by Crippen LogP contribution is 2.31. The van der Waals surface area contributed by atoms with Crippen LogP contribution in [0.15, 0.2) is 59.4 Å². The van der Waals surface area contributed by atoms with Crippen LogP contribution in [0.25, 0.3) is 11.3 Å². The zero-order valence-corrected chi connectivity index (χ0v) is 12.4. The van der Waals surface area contributed by atoms with E-state index in [1.807, 2.05) is 22.8 Å². The molecule has 0 aliphatic heterocycles. The molecule has 3 aromatic rings. The van der Waals surface area contributed by atoms with E-state index in [9.17, 15) is 4.79 Å². The average molecular weight is 290 g/mol. The van der Waals surface area contributed by atoms with Gasteiger partial charge in [0.2, 0.25) is 0 Å².